The number of carbonyl (C=O) groups excluding carboxylic acids is 1. The van der Waals surface area contributed by atoms with Crippen LogP contribution >= 0.6 is 0 Å². The number of benzene rings is 2. The number of rotatable bonds is 3. The number of furan rings is 1. The zero-order valence-corrected chi connectivity index (χ0v) is 14.7. The van der Waals surface area contributed by atoms with E-state index in [4.69, 9.17) is 4.42 Å². The van der Waals surface area contributed by atoms with Gasteiger partial charge in [-0.2, -0.15) is 0 Å². The summed E-state index contributed by atoms with van der Waals surface area (Å²) >= 11 is 0. The third-order valence-corrected chi connectivity index (χ3v) is 5.77. The lowest BCUT2D eigenvalue weighted by Crippen LogP contribution is -2.34. The summed E-state index contributed by atoms with van der Waals surface area (Å²) in [4.78, 5) is 12.8. The summed E-state index contributed by atoms with van der Waals surface area (Å²) in [6, 6.07) is 14.2. The standard InChI is InChI=1S/C19H17NO4S/c1-12-9-15-10-14(7-8-16(15)20(12)25(2,22)23)19(21)18-11-13-5-3-4-6-17(13)24-18/h3-8,10-12H,9H2,1-2H3/t12-/m0/s1. The molecular formula is C19H17NO4S. The molecule has 6 heteroatoms. The van der Waals surface area contributed by atoms with Crippen molar-refractivity contribution in [2.24, 2.45) is 0 Å². The average Bonchev–Trinajstić information content (AvgIpc) is 3.12. The van der Waals surface area contributed by atoms with E-state index in [1.165, 1.54) is 10.6 Å². The van der Waals surface area contributed by atoms with E-state index in [0.717, 1.165) is 10.9 Å². The van der Waals surface area contributed by atoms with Crippen molar-refractivity contribution < 1.29 is 17.6 Å². The Bertz CT molecular complexity index is 1060. The molecule has 0 unspecified atom stereocenters. The second-order valence-electron chi connectivity index (χ2n) is 6.43. The van der Waals surface area contributed by atoms with E-state index in [2.05, 4.69) is 0 Å². The minimum absolute atomic E-state index is 0.151. The van der Waals surface area contributed by atoms with Crippen molar-refractivity contribution in [3.8, 4) is 0 Å². The van der Waals surface area contributed by atoms with Crippen molar-refractivity contribution in [2.75, 3.05) is 10.6 Å². The predicted octanol–water partition coefficient (Wildman–Crippen LogP) is 3.37. The molecule has 0 spiro atoms. The molecule has 4 rings (SSSR count). The Labute approximate surface area is 145 Å². The molecule has 5 nitrogen and oxygen atoms in total. The molecule has 0 fully saturated rings. The fourth-order valence-electron chi connectivity index (χ4n) is 3.49. The second kappa shape index (κ2) is 5.46. The van der Waals surface area contributed by atoms with Crippen molar-refractivity contribution in [1.82, 2.24) is 0 Å². The van der Waals surface area contributed by atoms with Gasteiger partial charge in [-0.15, -0.1) is 0 Å². The van der Waals surface area contributed by atoms with E-state index in [9.17, 15) is 13.2 Å². The maximum absolute atomic E-state index is 12.8. The van der Waals surface area contributed by atoms with Gasteiger partial charge in [-0.1, -0.05) is 18.2 Å². The van der Waals surface area contributed by atoms with Crippen molar-refractivity contribution in [3.05, 3.63) is 65.4 Å². The minimum atomic E-state index is -3.34. The first kappa shape index (κ1) is 15.9. The Hall–Kier alpha value is -2.60. The first-order valence-corrected chi connectivity index (χ1v) is 9.85. The van der Waals surface area contributed by atoms with Gasteiger partial charge in [-0.25, -0.2) is 8.42 Å². The molecular weight excluding hydrogens is 338 g/mol. The lowest BCUT2D eigenvalue weighted by atomic mass is 10.0. The zero-order valence-electron chi connectivity index (χ0n) is 13.9. The molecule has 0 saturated carbocycles. The highest BCUT2D eigenvalue weighted by Crippen LogP contribution is 2.35. The van der Waals surface area contributed by atoms with Crippen LogP contribution in [0.15, 0.2) is 52.9 Å². The van der Waals surface area contributed by atoms with E-state index in [1.807, 2.05) is 31.2 Å². The fourth-order valence-corrected chi connectivity index (χ4v) is 4.75. The molecule has 25 heavy (non-hydrogen) atoms. The molecule has 2 heterocycles. The van der Waals surface area contributed by atoms with Crippen LogP contribution < -0.4 is 4.31 Å². The van der Waals surface area contributed by atoms with Crippen LogP contribution in [-0.2, 0) is 16.4 Å². The number of hydrogen-bond donors (Lipinski definition) is 0. The summed E-state index contributed by atoms with van der Waals surface area (Å²) in [6.07, 6.45) is 1.79. The molecule has 1 atom stereocenters. The number of sulfonamides is 1. The van der Waals surface area contributed by atoms with Gasteiger partial charge in [-0.3, -0.25) is 9.10 Å². The number of carbonyl (C=O) groups is 1. The van der Waals surface area contributed by atoms with Gasteiger partial charge >= 0.3 is 0 Å². The molecule has 0 N–H and O–H groups in total. The highest BCUT2D eigenvalue weighted by molar-refractivity contribution is 7.92. The fraction of sp³-hybridized carbons (Fsp3) is 0.211. The van der Waals surface area contributed by atoms with Crippen LogP contribution in [-0.4, -0.2) is 26.5 Å². The van der Waals surface area contributed by atoms with E-state index in [-0.39, 0.29) is 17.6 Å². The molecule has 2 aromatic carbocycles. The highest BCUT2D eigenvalue weighted by atomic mass is 32.2. The van der Waals surface area contributed by atoms with Crippen LogP contribution in [0.3, 0.4) is 0 Å². The number of ketones is 1. The van der Waals surface area contributed by atoms with E-state index in [1.54, 1.807) is 24.3 Å². The van der Waals surface area contributed by atoms with Gasteiger partial charge in [0.05, 0.1) is 11.9 Å². The number of para-hydroxylation sites is 1. The van der Waals surface area contributed by atoms with Gasteiger partial charge in [0.2, 0.25) is 15.8 Å². The maximum Gasteiger partial charge on any atom is 0.232 e. The molecule has 1 aromatic heterocycles. The molecule has 0 bridgehead atoms. The largest absolute Gasteiger partial charge is 0.453 e. The van der Waals surface area contributed by atoms with Crippen molar-refractivity contribution in [1.29, 1.82) is 0 Å². The predicted molar refractivity (Wildman–Crippen MR) is 96.6 cm³/mol. The van der Waals surface area contributed by atoms with Gasteiger partial charge in [0.15, 0.2) is 5.76 Å². The van der Waals surface area contributed by atoms with Crippen LogP contribution in [0.2, 0.25) is 0 Å². The molecule has 128 valence electrons. The van der Waals surface area contributed by atoms with Crippen molar-refractivity contribution in [2.45, 2.75) is 19.4 Å². The number of hydrogen-bond acceptors (Lipinski definition) is 4. The molecule has 3 aromatic rings. The third-order valence-electron chi connectivity index (χ3n) is 4.50. The Morgan fingerprint density at radius 2 is 1.92 bits per heavy atom. The maximum atomic E-state index is 12.8. The van der Waals surface area contributed by atoms with E-state index < -0.39 is 10.0 Å². The average molecular weight is 355 g/mol. The Kier molecular flexibility index (Phi) is 3.47. The van der Waals surface area contributed by atoms with Gasteiger partial charge in [0, 0.05) is 17.0 Å². The molecule has 0 radical (unpaired) electrons. The smallest absolute Gasteiger partial charge is 0.232 e. The van der Waals surface area contributed by atoms with Gasteiger partial charge in [-0.05, 0) is 49.2 Å². The minimum Gasteiger partial charge on any atom is -0.453 e. The van der Waals surface area contributed by atoms with Crippen LogP contribution in [0.25, 0.3) is 11.0 Å². The Morgan fingerprint density at radius 3 is 2.64 bits per heavy atom. The number of anilines is 1. The van der Waals surface area contributed by atoms with Crippen molar-refractivity contribution in [3.63, 3.8) is 0 Å². The SMILES string of the molecule is C[C@H]1Cc2cc(C(=O)c3cc4ccccc4o3)ccc2N1S(C)(=O)=O. The lowest BCUT2D eigenvalue weighted by molar-refractivity contribution is 0.101. The first-order chi connectivity index (χ1) is 11.8. The lowest BCUT2D eigenvalue weighted by Gasteiger charge is -2.21. The molecule has 0 amide bonds. The Morgan fingerprint density at radius 1 is 1.16 bits per heavy atom. The molecule has 1 aliphatic rings. The van der Waals surface area contributed by atoms with E-state index in [0.29, 0.717) is 23.3 Å². The van der Waals surface area contributed by atoms with E-state index >= 15 is 0 Å². The van der Waals surface area contributed by atoms with Gasteiger partial charge in [0.1, 0.15) is 5.58 Å². The van der Waals surface area contributed by atoms with Crippen LogP contribution in [0, 0.1) is 0 Å². The topological polar surface area (TPSA) is 67.6 Å². The van der Waals surface area contributed by atoms with Crippen LogP contribution in [0.5, 0.6) is 0 Å². The van der Waals surface area contributed by atoms with Crippen molar-refractivity contribution >= 4 is 32.5 Å². The first-order valence-electron chi connectivity index (χ1n) is 8.00. The summed E-state index contributed by atoms with van der Waals surface area (Å²) < 4.78 is 31.0. The monoisotopic (exact) mass is 355 g/mol. The van der Waals surface area contributed by atoms with Crippen LogP contribution in [0.1, 0.15) is 28.6 Å². The summed E-state index contributed by atoms with van der Waals surface area (Å²) in [6.45, 7) is 1.86. The number of nitrogens with zero attached hydrogens (tertiary/aromatic N) is 1. The summed E-state index contributed by atoms with van der Waals surface area (Å²) in [5.41, 5.74) is 2.68. The molecule has 1 aliphatic heterocycles. The Balaban J connectivity index is 1.73. The summed E-state index contributed by atoms with van der Waals surface area (Å²) in [5, 5.41) is 0.879. The van der Waals surface area contributed by atoms with Crippen LogP contribution in [0.4, 0.5) is 5.69 Å². The third kappa shape index (κ3) is 2.62. The van der Waals surface area contributed by atoms with Gasteiger partial charge < -0.3 is 4.42 Å². The molecule has 0 aliphatic carbocycles. The molecule has 0 saturated heterocycles. The zero-order chi connectivity index (χ0) is 17.8. The second-order valence-corrected chi connectivity index (χ2v) is 8.29. The normalized spacial score (nSPS) is 17.0. The summed E-state index contributed by atoms with van der Waals surface area (Å²) in [5.74, 6) is 0.0802. The summed E-state index contributed by atoms with van der Waals surface area (Å²) in [7, 11) is -3.34. The number of fused-ring (bicyclic) bond motifs is 2. The van der Waals surface area contributed by atoms with Gasteiger partial charge in [0.25, 0.3) is 0 Å². The quantitative estimate of drug-likeness (QED) is 0.676. The highest BCUT2D eigenvalue weighted by Gasteiger charge is 2.33.